The molecule has 4 heterocycles. The molecule has 0 saturated carbocycles. The molecule has 6 rings (SSSR count). The van der Waals surface area contributed by atoms with Gasteiger partial charge in [0.25, 0.3) is 5.91 Å². The van der Waals surface area contributed by atoms with Gasteiger partial charge in [0, 0.05) is 30.9 Å². The largest absolute Gasteiger partial charge is 0.492 e. The molecule has 3 N–H and O–H groups in total. The summed E-state index contributed by atoms with van der Waals surface area (Å²) in [5.41, 5.74) is 1.73. The SMILES string of the molecule is CCOC(=O)N1CCCCCNC(=O)c2ccc(cc2)Nc2nc(nc(OCC(F)(F)F)n2)NCc2ccc(cc2)OCC1. The molecule has 0 fully saturated rings. The lowest BCUT2D eigenvalue weighted by Crippen LogP contribution is -2.36. The molecule has 3 aliphatic heterocycles. The van der Waals surface area contributed by atoms with Crippen molar-refractivity contribution in [2.24, 2.45) is 0 Å². The maximum atomic E-state index is 12.8. The molecule has 0 unspecified atom stereocenters. The molecule has 2 aromatic carbocycles. The zero-order chi connectivity index (χ0) is 31.4. The highest BCUT2D eigenvalue weighted by atomic mass is 19.4. The number of carbonyl (C=O) groups excluding carboxylic acids is 2. The molecule has 236 valence electrons. The number of nitrogens with zero attached hydrogens (tertiary/aromatic N) is 4. The van der Waals surface area contributed by atoms with Gasteiger partial charge < -0.3 is 35.1 Å². The number of anilines is 3. The number of aromatic nitrogens is 3. The van der Waals surface area contributed by atoms with Crippen LogP contribution in [0.1, 0.15) is 42.1 Å². The second kappa shape index (κ2) is 15.6. The maximum Gasteiger partial charge on any atom is 0.422 e. The molecule has 1 aromatic heterocycles. The van der Waals surface area contributed by atoms with Crippen molar-refractivity contribution in [3.05, 3.63) is 59.7 Å². The van der Waals surface area contributed by atoms with Crippen molar-refractivity contribution in [1.82, 2.24) is 25.2 Å². The first-order valence-corrected chi connectivity index (χ1v) is 14.2. The third-order valence-corrected chi connectivity index (χ3v) is 6.30. The smallest absolute Gasteiger partial charge is 0.422 e. The van der Waals surface area contributed by atoms with Crippen LogP contribution in [0.15, 0.2) is 48.5 Å². The Morgan fingerprint density at radius 1 is 0.955 bits per heavy atom. The first-order valence-electron chi connectivity index (χ1n) is 14.2. The van der Waals surface area contributed by atoms with E-state index >= 15 is 0 Å². The summed E-state index contributed by atoms with van der Waals surface area (Å²) in [7, 11) is 0. The van der Waals surface area contributed by atoms with Crippen molar-refractivity contribution in [3.8, 4) is 11.8 Å². The van der Waals surface area contributed by atoms with Crippen LogP contribution in [-0.4, -0.2) is 77.5 Å². The first kappa shape index (κ1) is 32.1. The second-order valence-electron chi connectivity index (χ2n) is 9.72. The molecule has 0 atom stereocenters. The Morgan fingerprint density at radius 3 is 2.43 bits per heavy atom. The van der Waals surface area contributed by atoms with Gasteiger partial charge in [-0.15, -0.1) is 0 Å². The van der Waals surface area contributed by atoms with Gasteiger partial charge in [-0.1, -0.05) is 12.1 Å². The van der Waals surface area contributed by atoms with Crippen LogP contribution >= 0.6 is 0 Å². The number of fused-ring (bicyclic) bond motifs is 2. The fraction of sp³-hybridized carbons (Fsp3) is 0.414. The molecule has 0 aliphatic carbocycles. The van der Waals surface area contributed by atoms with Crippen LogP contribution in [0.4, 0.5) is 35.5 Å². The van der Waals surface area contributed by atoms with E-state index in [2.05, 4.69) is 30.9 Å². The van der Waals surface area contributed by atoms with Gasteiger partial charge in [-0.05, 0) is 68.1 Å². The Morgan fingerprint density at radius 2 is 1.70 bits per heavy atom. The number of rotatable bonds is 3. The van der Waals surface area contributed by atoms with Crippen molar-refractivity contribution in [1.29, 1.82) is 0 Å². The van der Waals surface area contributed by atoms with Crippen molar-refractivity contribution < 1.29 is 37.0 Å². The third-order valence-electron chi connectivity index (χ3n) is 6.30. The third kappa shape index (κ3) is 10.5. The van der Waals surface area contributed by atoms with E-state index < -0.39 is 24.9 Å². The molecule has 0 spiro atoms. The molecule has 2 amide bonds. The van der Waals surface area contributed by atoms with Crippen LogP contribution in [0, 0.1) is 0 Å². The van der Waals surface area contributed by atoms with Crippen LogP contribution in [-0.2, 0) is 11.3 Å². The average molecular weight is 618 g/mol. The summed E-state index contributed by atoms with van der Waals surface area (Å²) in [6, 6.07) is 13.1. The number of nitrogens with one attached hydrogen (secondary N) is 3. The van der Waals surface area contributed by atoms with Gasteiger partial charge in [-0.25, -0.2) is 4.79 Å². The molecule has 0 saturated heterocycles. The van der Waals surface area contributed by atoms with Gasteiger partial charge in [0.05, 0.1) is 13.2 Å². The Hall–Kier alpha value is -4.82. The zero-order valence-corrected chi connectivity index (χ0v) is 24.2. The summed E-state index contributed by atoms with van der Waals surface area (Å²) in [5.74, 6) is 0.275. The van der Waals surface area contributed by atoms with E-state index in [1.165, 1.54) is 0 Å². The number of carbonyl (C=O) groups is 2. The molecule has 0 radical (unpaired) electrons. The highest BCUT2D eigenvalue weighted by molar-refractivity contribution is 5.94. The molecule has 15 heteroatoms. The number of benzene rings is 2. The van der Waals surface area contributed by atoms with Crippen LogP contribution in [0.5, 0.6) is 11.8 Å². The maximum absolute atomic E-state index is 12.8. The van der Waals surface area contributed by atoms with E-state index in [4.69, 9.17) is 14.2 Å². The highest BCUT2D eigenvalue weighted by Gasteiger charge is 2.29. The van der Waals surface area contributed by atoms with E-state index in [-0.39, 0.29) is 37.6 Å². The Labute approximate surface area is 252 Å². The van der Waals surface area contributed by atoms with E-state index in [1.807, 2.05) is 12.1 Å². The summed E-state index contributed by atoms with van der Waals surface area (Å²) >= 11 is 0. The molecular weight excluding hydrogens is 583 g/mol. The minimum absolute atomic E-state index is 0.0134. The monoisotopic (exact) mass is 617 g/mol. The summed E-state index contributed by atoms with van der Waals surface area (Å²) < 4.78 is 54.1. The average Bonchev–Trinajstić information content (AvgIpc) is 3.00. The van der Waals surface area contributed by atoms with Crippen molar-refractivity contribution >= 4 is 29.6 Å². The topological polar surface area (TPSA) is 140 Å². The van der Waals surface area contributed by atoms with Crippen LogP contribution < -0.4 is 25.4 Å². The molecule has 3 aromatic rings. The number of alkyl halides is 3. The predicted octanol–water partition coefficient (Wildman–Crippen LogP) is 4.92. The van der Waals surface area contributed by atoms with E-state index in [0.717, 1.165) is 24.8 Å². The van der Waals surface area contributed by atoms with Crippen LogP contribution in [0.2, 0.25) is 0 Å². The van der Waals surface area contributed by atoms with Gasteiger partial charge in [-0.3, -0.25) is 4.79 Å². The van der Waals surface area contributed by atoms with Crippen molar-refractivity contribution in [2.75, 3.05) is 50.1 Å². The van der Waals surface area contributed by atoms with Gasteiger partial charge in [0.1, 0.15) is 12.4 Å². The number of ether oxygens (including phenoxy) is 3. The molecular formula is C29H34F3N7O5. The second-order valence-corrected chi connectivity index (χ2v) is 9.72. The minimum atomic E-state index is -4.58. The van der Waals surface area contributed by atoms with Gasteiger partial charge in [-0.2, -0.15) is 28.1 Å². The van der Waals surface area contributed by atoms with Gasteiger partial charge >= 0.3 is 18.3 Å². The molecule has 12 nitrogen and oxygen atoms in total. The Balaban J connectivity index is 1.52. The van der Waals surface area contributed by atoms with Gasteiger partial charge in [0.2, 0.25) is 11.9 Å². The van der Waals surface area contributed by atoms with Gasteiger partial charge in [0.15, 0.2) is 6.61 Å². The van der Waals surface area contributed by atoms with Crippen LogP contribution in [0.25, 0.3) is 0 Å². The normalized spacial score (nSPS) is 15.1. The van der Waals surface area contributed by atoms with Crippen molar-refractivity contribution in [3.63, 3.8) is 0 Å². The van der Waals surface area contributed by atoms with E-state index in [1.54, 1.807) is 48.2 Å². The number of amides is 2. The lowest BCUT2D eigenvalue weighted by molar-refractivity contribution is -0.154. The lowest BCUT2D eigenvalue weighted by Gasteiger charge is -2.22. The zero-order valence-electron chi connectivity index (χ0n) is 24.2. The van der Waals surface area contributed by atoms with E-state index in [0.29, 0.717) is 36.6 Å². The highest BCUT2D eigenvalue weighted by Crippen LogP contribution is 2.21. The predicted molar refractivity (Wildman–Crippen MR) is 155 cm³/mol. The minimum Gasteiger partial charge on any atom is -0.492 e. The Kier molecular flexibility index (Phi) is 11.4. The summed E-state index contributed by atoms with van der Waals surface area (Å²) in [6.45, 7) is 2.23. The number of hydrogen-bond acceptors (Lipinski definition) is 10. The Bertz CT molecular complexity index is 1380. The lowest BCUT2D eigenvalue weighted by atomic mass is 10.2. The quantitative estimate of drug-likeness (QED) is 0.371. The number of hydrogen-bond donors (Lipinski definition) is 3. The van der Waals surface area contributed by atoms with Crippen molar-refractivity contribution in [2.45, 2.75) is 38.9 Å². The molecule has 3 aliphatic rings. The summed E-state index contributed by atoms with van der Waals surface area (Å²) in [4.78, 5) is 38.8. The molecule has 44 heavy (non-hydrogen) atoms. The first-order chi connectivity index (χ1) is 21.2. The fourth-order valence-electron chi connectivity index (χ4n) is 4.11. The summed E-state index contributed by atoms with van der Waals surface area (Å²) in [5, 5.41) is 8.75. The standard InChI is InChI=1S/C29H34F3N7O5/c1-2-42-28(41)39-15-5-3-4-14-33-24(40)21-8-10-22(11-9-21)35-26-36-25(37-27(38-26)44-19-29(30,31)32)34-18-20-6-12-23(13-7-20)43-17-16-39/h6-13H,2-5,14-19H2,1H3,(H,33,40)(H2,34,35,36,37,38). The fourth-order valence-corrected chi connectivity index (χ4v) is 4.11. The summed E-state index contributed by atoms with van der Waals surface area (Å²) in [6.07, 6.45) is -2.74. The molecule has 6 bridgehead atoms. The van der Waals surface area contributed by atoms with Crippen LogP contribution in [0.3, 0.4) is 0 Å². The number of halogens is 3. The van der Waals surface area contributed by atoms with E-state index in [9.17, 15) is 22.8 Å².